The van der Waals surface area contributed by atoms with E-state index in [1.165, 1.54) is 11.8 Å². The zero-order valence-electron chi connectivity index (χ0n) is 11.0. The summed E-state index contributed by atoms with van der Waals surface area (Å²) in [5.41, 5.74) is 7.45. The van der Waals surface area contributed by atoms with Gasteiger partial charge >= 0.3 is 0 Å². The number of fused-ring (bicyclic) bond motifs is 1. The van der Waals surface area contributed by atoms with Crippen LogP contribution in [-0.4, -0.2) is 26.9 Å². The van der Waals surface area contributed by atoms with E-state index < -0.39 is 11.9 Å². The Bertz CT molecular complexity index is 689. The van der Waals surface area contributed by atoms with Gasteiger partial charge in [0.2, 0.25) is 17.0 Å². The minimum absolute atomic E-state index is 0.420. The van der Waals surface area contributed by atoms with E-state index in [-0.39, 0.29) is 0 Å². The van der Waals surface area contributed by atoms with E-state index in [1.54, 1.807) is 30.2 Å². The predicted molar refractivity (Wildman–Crippen MR) is 74.2 cm³/mol. The number of hydrogen-bond donors (Lipinski definition) is 2. The molecule has 3 rings (SSSR count). The molecule has 0 unspecified atom stereocenters. The number of aromatic nitrogens is 3. The fourth-order valence-electron chi connectivity index (χ4n) is 2.28. The number of amides is 1. The molecule has 0 aromatic carbocycles. The zero-order valence-corrected chi connectivity index (χ0v) is 11.8. The molecule has 8 heteroatoms. The second-order valence-electron chi connectivity index (χ2n) is 4.35. The summed E-state index contributed by atoms with van der Waals surface area (Å²) >= 11 is 1.43. The number of nitrogens with one attached hydrogen (secondary N) is 1. The van der Waals surface area contributed by atoms with Crippen LogP contribution < -0.4 is 11.1 Å². The fraction of sp³-hybridized carbons (Fsp3) is 0.250. The van der Waals surface area contributed by atoms with Crippen molar-refractivity contribution in [3.63, 3.8) is 0 Å². The number of nitrogens with two attached hydrogens (primary N) is 1. The Hall–Kier alpha value is -2.22. The summed E-state index contributed by atoms with van der Waals surface area (Å²) in [5, 5.41) is 8.08. The van der Waals surface area contributed by atoms with E-state index in [4.69, 9.17) is 10.2 Å². The highest BCUT2D eigenvalue weighted by molar-refractivity contribution is 7.98. The Balaban J connectivity index is 2.19. The highest BCUT2D eigenvalue weighted by atomic mass is 32.2. The molecule has 1 aliphatic rings. The maximum Gasteiger partial charge on any atom is 0.248 e. The minimum atomic E-state index is -0.493. The number of carbonyl (C=O) groups excluding carboxylic acids is 1. The monoisotopic (exact) mass is 291 g/mol. The second kappa shape index (κ2) is 4.71. The summed E-state index contributed by atoms with van der Waals surface area (Å²) in [5.74, 6) is 0.0936. The third-order valence-corrected chi connectivity index (χ3v) is 3.68. The van der Waals surface area contributed by atoms with Crippen molar-refractivity contribution in [2.45, 2.75) is 18.1 Å². The molecular formula is C12H13N5O2S. The Morgan fingerprint density at radius 3 is 3.00 bits per heavy atom. The summed E-state index contributed by atoms with van der Waals surface area (Å²) in [7, 11) is 0. The normalized spacial score (nSPS) is 17.8. The molecule has 0 aliphatic carbocycles. The molecule has 0 bridgehead atoms. The molecule has 0 saturated heterocycles. The van der Waals surface area contributed by atoms with E-state index in [2.05, 4.69) is 15.4 Å². The Morgan fingerprint density at radius 2 is 2.40 bits per heavy atom. The minimum Gasteiger partial charge on any atom is -0.472 e. The lowest BCUT2D eigenvalue weighted by Gasteiger charge is -2.26. The smallest absolute Gasteiger partial charge is 0.248 e. The molecule has 20 heavy (non-hydrogen) atoms. The van der Waals surface area contributed by atoms with E-state index in [1.807, 2.05) is 6.26 Å². The molecule has 7 nitrogen and oxygen atoms in total. The van der Waals surface area contributed by atoms with Gasteiger partial charge < -0.3 is 15.5 Å². The average Bonchev–Trinajstić information content (AvgIpc) is 3.05. The zero-order chi connectivity index (χ0) is 14.3. The number of rotatable bonds is 3. The van der Waals surface area contributed by atoms with Crippen molar-refractivity contribution in [2.24, 2.45) is 5.73 Å². The summed E-state index contributed by atoms with van der Waals surface area (Å²) in [6.07, 6.45) is 5.03. The number of hydrogen-bond acceptors (Lipinski definition) is 6. The molecule has 0 saturated carbocycles. The van der Waals surface area contributed by atoms with E-state index in [0.717, 1.165) is 5.56 Å². The van der Waals surface area contributed by atoms with Crippen molar-refractivity contribution in [1.29, 1.82) is 0 Å². The molecule has 3 heterocycles. The predicted octanol–water partition coefficient (Wildman–Crippen LogP) is 1.37. The maximum atomic E-state index is 11.8. The number of furan rings is 1. The van der Waals surface area contributed by atoms with Crippen molar-refractivity contribution in [2.75, 3.05) is 11.6 Å². The first-order valence-electron chi connectivity index (χ1n) is 5.92. The van der Waals surface area contributed by atoms with E-state index in [9.17, 15) is 4.79 Å². The quantitative estimate of drug-likeness (QED) is 0.829. The van der Waals surface area contributed by atoms with Crippen LogP contribution in [0.2, 0.25) is 0 Å². The standard InChI is InChI=1S/C12H13N5O2S/c1-6-8(10(13)18)9(7-3-4-19-5-7)17-11(14-6)15-12(16-17)20-2/h3-5,9H,1-2H3,(H2,13,18)(H,14,15,16)/t9-/m1/s1. The molecule has 3 N–H and O–H groups in total. The number of allylic oxidation sites excluding steroid dienone is 1. The van der Waals surface area contributed by atoms with Crippen LogP contribution in [0.1, 0.15) is 18.5 Å². The van der Waals surface area contributed by atoms with Gasteiger partial charge in [0.05, 0.1) is 18.1 Å². The van der Waals surface area contributed by atoms with Gasteiger partial charge in [-0.3, -0.25) is 4.79 Å². The molecule has 1 atom stereocenters. The number of anilines is 1. The SMILES string of the molecule is CSc1nc2n(n1)[C@H](c1ccoc1)C(C(N)=O)=C(C)N2. The van der Waals surface area contributed by atoms with Gasteiger partial charge in [0.15, 0.2) is 0 Å². The van der Waals surface area contributed by atoms with E-state index in [0.29, 0.717) is 22.4 Å². The highest BCUT2D eigenvalue weighted by Gasteiger charge is 2.33. The lowest BCUT2D eigenvalue weighted by molar-refractivity contribution is -0.115. The fourth-order valence-corrected chi connectivity index (χ4v) is 2.62. The third kappa shape index (κ3) is 1.88. The van der Waals surface area contributed by atoms with Gasteiger partial charge in [-0.25, -0.2) is 4.68 Å². The van der Waals surface area contributed by atoms with Crippen LogP contribution in [0.3, 0.4) is 0 Å². The second-order valence-corrected chi connectivity index (χ2v) is 5.13. The lowest BCUT2D eigenvalue weighted by atomic mass is 9.97. The van der Waals surface area contributed by atoms with Crippen molar-refractivity contribution < 1.29 is 9.21 Å². The summed E-state index contributed by atoms with van der Waals surface area (Å²) in [4.78, 5) is 16.1. The molecule has 0 fully saturated rings. The van der Waals surface area contributed by atoms with Crippen LogP contribution in [0, 0.1) is 0 Å². The molecule has 2 aromatic rings. The van der Waals surface area contributed by atoms with Crippen molar-refractivity contribution in [3.8, 4) is 0 Å². The highest BCUT2D eigenvalue weighted by Crippen LogP contribution is 2.35. The molecule has 1 aliphatic heterocycles. The van der Waals surface area contributed by atoms with Crippen LogP contribution in [0.15, 0.2) is 39.4 Å². The third-order valence-electron chi connectivity index (χ3n) is 3.14. The van der Waals surface area contributed by atoms with Crippen molar-refractivity contribution in [1.82, 2.24) is 14.8 Å². The Morgan fingerprint density at radius 1 is 1.60 bits per heavy atom. The first kappa shape index (κ1) is 12.8. The van der Waals surface area contributed by atoms with Crippen LogP contribution in [0.5, 0.6) is 0 Å². The van der Waals surface area contributed by atoms with Gasteiger partial charge in [0.1, 0.15) is 6.04 Å². The number of primary amides is 1. The van der Waals surface area contributed by atoms with Gasteiger partial charge in [-0.05, 0) is 19.2 Å². The molecule has 104 valence electrons. The molecule has 2 aromatic heterocycles. The first-order chi connectivity index (χ1) is 9.61. The summed E-state index contributed by atoms with van der Waals surface area (Å²) in [6.45, 7) is 1.80. The van der Waals surface area contributed by atoms with Gasteiger partial charge in [0, 0.05) is 11.3 Å². The molecule has 1 amide bonds. The number of nitrogens with zero attached hydrogens (tertiary/aromatic N) is 3. The van der Waals surface area contributed by atoms with Crippen LogP contribution in [0.4, 0.5) is 5.95 Å². The molecule has 0 radical (unpaired) electrons. The van der Waals surface area contributed by atoms with Crippen LogP contribution in [0.25, 0.3) is 0 Å². The summed E-state index contributed by atoms with van der Waals surface area (Å²) < 4.78 is 6.77. The number of carbonyl (C=O) groups is 1. The van der Waals surface area contributed by atoms with Gasteiger partial charge in [-0.15, -0.1) is 5.10 Å². The Labute approximate surface area is 119 Å². The lowest BCUT2D eigenvalue weighted by Crippen LogP contribution is -2.31. The van der Waals surface area contributed by atoms with Gasteiger partial charge in [-0.2, -0.15) is 4.98 Å². The van der Waals surface area contributed by atoms with Crippen LogP contribution >= 0.6 is 11.8 Å². The topological polar surface area (TPSA) is 99.0 Å². The number of thioether (sulfide) groups is 1. The Kier molecular flexibility index (Phi) is 3.01. The van der Waals surface area contributed by atoms with Gasteiger partial charge in [0.25, 0.3) is 0 Å². The van der Waals surface area contributed by atoms with E-state index >= 15 is 0 Å². The largest absolute Gasteiger partial charge is 0.472 e. The van der Waals surface area contributed by atoms with Gasteiger partial charge in [-0.1, -0.05) is 11.8 Å². The van der Waals surface area contributed by atoms with Crippen molar-refractivity contribution in [3.05, 3.63) is 35.4 Å². The maximum absolute atomic E-state index is 11.8. The van der Waals surface area contributed by atoms with Crippen LogP contribution in [-0.2, 0) is 4.79 Å². The van der Waals surface area contributed by atoms with Crippen molar-refractivity contribution >= 4 is 23.6 Å². The average molecular weight is 291 g/mol. The molecule has 0 spiro atoms. The first-order valence-corrected chi connectivity index (χ1v) is 7.14. The molecular weight excluding hydrogens is 278 g/mol. The summed E-state index contributed by atoms with van der Waals surface area (Å²) in [6, 6.07) is 1.37.